The highest BCUT2D eigenvalue weighted by molar-refractivity contribution is 6.28. The van der Waals surface area contributed by atoms with Crippen LogP contribution < -0.4 is 0 Å². The van der Waals surface area contributed by atoms with Crippen molar-refractivity contribution in [1.82, 2.24) is 14.5 Å². The van der Waals surface area contributed by atoms with Gasteiger partial charge in [0.25, 0.3) is 0 Å². The fourth-order valence-corrected chi connectivity index (χ4v) is 7.52. The maximum Gasteiger partial charge on any atom is 0.161 e. The molecule has 0 aliphatic heterocycles. The van der Waals surface area contributed by atoms with Crippen LogP contribution >= 0.6 is 0 Å². The molecule has 8 aromatic carbocycles. The zero-order chi connectivity index (χ0) is 32.3. The maximum atomic E-state index is 5.26. The Morgan fingerprint density at radius 3 is 1.55 bits per heavy atom. The Kier molecular flexibility index (Phi) is 6.18. The lowest BCUT2D eigenvalue weighted by Gasteiger charge is -2.13. The summed E-state index contributed by atoms with van der Waals surface area (Å²) in [6.07, 6.45) is 0. The number of rotatable bonds is 4. The SMILES string of the molecule is c1ccc(-c2cc(-c3cccc(-n4c5ccc6ccccc6c5c5c6ccccc6ccc54)c3)nc(-c3cccc4ccccc34)n2)cc1. The molecule has 49 heavy (non-hydrogen) atoms. The van der Waals surface area contributed by atoms with Gasteiger partial charge >= 0.3 is 0 Å². The van der Waals surface area contributed by atoms with E-state index in [9.17, 15) is 0 Å². The van der Waals surface area contributed by atoms with E-state index in [0.717, 1.165) is 39.2 Å². The van der Waals surface area contributed by atoms with Gasteiger partial charge in [0.15, 0.2) is 5.82 Å². The van der Waals surface area contributed by atoms with E-state index in [1.165, 1.54) is 48.7 Å². The van der Waals surface area contributed by atoms with Crippen molar-refractivity contribution < 1.29 is 0 Å². The zero-order valence-corrected chi connectivity index (χ0v) is 26.6. The summed E-state index contributed by atoms with van der Waals surface area (Å²) in [6, 6.07) is 62.6. The van der Waals surface area contributed by atoms with Gasteiger partial charge in [-0.2, -0.15) is 0 Å². The molecule has 0 saturated carbocycles. The van der Waals surface area contributed by atoms with Crippen LogP contribution in [0.1, 0.15) is 0 Å². The Morgan fingerprint density at radius 2 is 0.878 bits per heavy atom. The molecule has 0 aliphatic rings. The van der Waals surface area contributed by atoms with E-state index < -0.39 is 0 Å². The van der Waals surface area contributed by atoms with E-state index in [1.807, 2.05) is 6.07 Å². The van der Waals surface area contributed by atoms with Gasteiger partial charge in [0, 0.05) is 33.2 Å². The lowest BCUT2D eigenvalue weighted by Crippen LogP contribution is -1.98. The fraction of sp³-hybridized carbons (Fsp3) is 0. The standard InChI is InChI=1S/C46H29N3/c1-2-15-33(16-3-1)40-29-41(48-46(47-40)39-23-11-17-30-12-4-7-20-36(30)39)34-18-10-19-35(28-34)49-42-26-24-31-13-5-8-21-37(31)44(42)45-38-22-9-6-14-32(38)25-27-43(45)49/h1-29H. The Hall–Kier alpha value is -6.58. The van der Waals surface area contributed by atoms with Gasteiger partial charge in [-0.1, -0.05) is 146 Å². The van der Waals surface area contributed by atoms with Crippen LogP contribution in [-0.4, -0.2) is 14.5 Å². The summed E-state index contributed by atoms with van der Waals surface area (Å²) in [6.45, 7) is 0. The van der Waals surface area contributed by atoms with Crippen molar-refractivity contribution in [3.63, 3.8) is 0 Å². The molecular weight excluding hydrogens is 595 g/mol. The van der Waals surface area contributed by atoms with E-state index in [1.54, 1.807) is 0 Å². The van der Waals surface area contributed by atoms with Gasteiger partial charge in [0.05, 0.1) is 22.4 Å². The molecule has 2 aromatic heterocycles. The first-order chi connectivity index (χ1) is 24.3. The molecule has 0 saturated heterocycles. The molecule has 0 fully saturated rings. The van der Waals surface area contributed by atoms with E-state index in [2.05, 4.69) is 174 Å². The summed E-state index contributed by atoms with van der Waals surface area (Å²) < 4.78 is 2.41. The first kappa shape index (κ1) is 27.5. The average molecular weight is 624 g/mol. The van der Waals surface area contributed by atoms with Crippen molar-refractivity contribution in [2.75, 3.05) is 0 Å². The molecule has 228 valence electrons. The van der Waals surface area contributed by atoms with Gasteiger partial charge in [0.2, 0.25) is 0 Å². The Labute approximate surface area is 283 Å². The summed E-state index contributed by atoms with van der Waals surface area (Å²) in [4.78, 5) is 10.4. The highest BCUT2D eigenvalue weighted by Gasteiger charge is 2.18. The average Bonchev–Trinajstić information content (AvgIpc) is 3.53. The molecule has 2 heterocycles. The Balaban J connectivity index is 1.23. The van der Waals surface area contributed by atoms with E-state index in [4.69, 9.17) is 9.97 Å². The van der Waals surface area contributed by atoms with Crippen LogP contribution in [-0.2, 0) is 0 Å². The van der Waals surface area contributed by atoms with Crippen LogP contribution in [0.4, 0.5) is 0 Å². The van der Waals surface area contributed by atoms with Gasteiger partial charge in [-0.15, -0.1) is 0 Å². The molecule has 3 nitrogen and oxygen atoms in total. The van der Waals surface area contributed by atoms with Crippen LogP contribution in [0.5, 0.6) is 0 Å². The zero-order valence-electron chi connectivity index (χ0n) is 26.6. The van der Waals surface area contributed by atoms with Crippen molar-refractivity contribution >= 4 is 54.1 Å². The molecule has 0 N–H and O–H groups in total. The molecule has 10 rings (SSSR count). The third-order valence-electron chi connectivity index (χ3n) is 9.77. The summed E-state index contributed by atoms with van der Waals surface area (Å²) >= 11 is 0. The highest BCUT2D eigenvalue weighted by atomic mass is 15.0. The third kappa shape index (κ3) is 4.44. The smallest absolute Gasteiger partial charge is 0.161 e. The van der Waals surface area contributed by atoms with Gasteiger partial charge in [-0.05, 0) is 62.6 Å². The predicted octanol–water partition coefficient (Wildman–Crippen LogP) is 12.0. The Bertz CT molecular complexity index is 2790. The van der Waals surface area contributed by atoms with Crippen LogP contribution in [0, 0.1) is 0 Å². The Morgan fingerprint density at radius 1 is 0.367 bits per heavy atom. The number of hydrogen-bond acceptors (Lipinski definition) is 2. The van der Waals surface area contributed by atoms with Gasteiger partial charge < -0.3 is 4.57 Å². The number of fused-ring (bicyclic) bond motifs is 8. The predicted molar refractivity (Wildman–Crippen MR) is 205 cm³/mol. The second-order valence-electron chi connectivity index (χ2n) is 12.6. The molecule has 10 aromatic rings. The highest BCUT2D eigenvalue weighted by Crippen LogP contribution is 2.41. The largest absolute Gasteiger partial charge is 0.309 e. The normalized spacial score (nSPS) is 11.7. The minimum atomic E-state index is 0.716. The monoisotopic (exact) mass is 623 g/mol. The summed E-state index contributed by atoms with van der Waals surface area (Å²) in [5, 5.41) is 9.88. The number of nitrogens with zero attached hydrogens (tertiary/aromatic N) is 3. The summed E-state index contributed by atoms with van der Waals surface area (Å²) in [5.74, 6) is 0.716. The maximum absolute atomic E-state index is 5.26. The summed E-state index contributed by atoms with van der Waals surface area (Å²) in [5.41, 5.74) is 8.37. The molecule has 0 spiro atoms. The molecule has 0 aliphatic carbocycles. The third-order valence-corrected chi connectivity index (χ3v) is 9.77. The molecule has 3 heteroatoms. The second-order valence-corrected chi connectivity index (χ2v) is 12.6. The second kappa shape index (κ2) is 11.0. The molecule has 0 radical (unpaired) electrons. The van der Waals surface area contributed by atoms with Crippen LogP contribution in [0.15, 0.2) is 176 Å². The van der Waals surface area contributed by atoms with Crippen LogP contribution in [0.25, 0.3) is 93.7 Å². The minimum Gasteiger partial charge on any atom is -0.309 e. The minimum absolute atomic E-state index is 0.716. The first-order valence-electron chi connectivity index (χ1n) is 16.7. The number of benzene rings is 8. The van der Waals surface area contributed by atoms with Crippen molar-refractivity contribution in [3.05, 3.63) is 176 Å². The van der Waals surface area contributed by atoms with E-state index in [-0.39, 0.29) is 0 Å². The number of aromatic nitrogens is 3. The molecule has 0 bridgehead atoms. The van der Waals surface area contributed by atoms with Crippen molar-refractivity contribution in [2.24, 2.45) is 0 Å². The van der Waals surface area contributed by atoms with Crippen LogP contribution in [0.2, 0.25) is 0 Å². The molecular formula is C46H29N3. The van der Waals surface area contributed by atoms with Crippen molar-refractivity contribution in [3.8, 4) is 39.6 Å². The molecule has 0 unspecified atom stereocenters. The van der Waals surface area contributed by atoms with Crippen molar-refractivity contribution in [1.29, 1.82) is 0 Å². The molecule has 0 amide bonds. The quantitative estimate of drug-likeness (QED) is 0.195. The molecule has 0 atom stereocenters. The van der Waals surface area contributed by atoms with E-state index >= 15 is 0 Å². The number of hydrogen-bond donors (Lipinski definition) is 0. The van der Waals surface area contributed by atoms with Crippen LogP contribution in [0.3, 0.4) is 0 Å². The van der Waals surface area contributed by atoms with E-state index in [0.29, 0.717) is 5.82 Å². The summed E-state index contributed by atoms with van der Waals surface area (Å²) in [7, 11) is 0. The van der Waals surface area contributed by atoms with Gasteiger partial charge in [-0.3, -0.25) is 0 Å². The topological polar surface area (TPSA) is 30.7 Å². The lowest BCUT2D eigenvalue weighted by atomic mass is 10.00. The van der Waals surface area contributed by atoms with Gasteiger partial charge in [0.1, 0.15) is 0 Å². The van der Waals surface area contributed by atoms with Crippen molar-refractivity contribution in [2.45, 2.75) is 0 Å². The fourth-order valence-electron chi connectivity index (χ4n) is 7.52. The lowest BCUT2D eigenvalue weighted by molar-refractivity contribution is 1.17. The first-order valence-corrected chi connectivity index (χ1v) is 16.7. The van der Waals surface area contributed by atoms with Gasteiger partial charge in [-0.25, -0.2) is 9.97 Å².